The number of piperidine rings is 1. The Kier molecular flexibility index (Phi) is 5.56. The first kappa shape index (κ1) is 18.4. The molecule has 26 heavy (non-hydrogen) atoms. The van der Waals surface area contributed by atoms with Crippen molar-refractivity contribution >= 4 is 28.8 Å². The summed E-state index contributed by atoms with van der Waals surface area (Å²) in [7, 11) is 0. The van der Waals surface area contributed by atoms with E-state index in [9.17, 15) is 10.1 Å². The van der Waals surface area contributed by atoms with E-state index in [1.54, 1.807) is 19.3 Å². The van der Waals surface area contributed by atoms with Gasteiger partial charge in [0, 0.05) is 42.5 Å². The average Bonchev–Trinajstić information content (AvgIpc) is 2.65. The van der Waals surface area contributed by atoms with Gasteiger partial charge in [0.1, 0.15) is 12.1 Å². The second-order valence-electron chi connectivity index (χ2n) is 6.50. The monoisotopic (exact) mass is 375 g/mol. The minimum atomic E-state index is -0.407. The van der Waals surface area contributed by atoms with Gasteiger partial charge in [-0.05, 0) is 32.3 Å². The van der Waals surface area contributed by atoms with Crippen LogP contribution in [0.15, 0.2) is 24.5 Å². The fourth-order valence-corrected chi connectivity index (χ4v) is 3.42. The van der Waals surface area contributed by atoms with Crippen molar-refractivity contribution in [2.45, 2.75) is 39.2 Å². The number of nitrogens with zero attached hydrogens (tertiary/aromatic N) is 4. The topological polar surface area (TPSA) is 84.2 Å². The molecule has 2 aromatic rings. The molecule has 0 unspecified atom stereocenters. The van der Waals surface area contributed by atoms with Crippen molar-refractivity contribution in [2.75, 3.05) is 23.3 Å². The molecule has 8 heteroatoms. The zero-order valence-electron chi connectivity index (χ0n) is 14.9. The number of hydrogen-bond donors (Lipinski definition) is 1. The molecule has 1 aliphatic rings. The number of nitro groups is 1. The van der Waals surface area contributed by atoms with Gasteiger partial charge in [0.25, 0.3) is 5.69 Å². The molecule has 1 aliphatic heterocycles. The number of nitrogens with one attached hydrogen (secondary N) is 1. The van der Waals surface area contributed by atoms with E-state index in [0.717, 1.165) is 49.6 Å². The fraction of sp³-hybridized carbons (Fsp3) is 0.444. The SMILES string of the molecule is CCc1cc(N2CCC(Nc3cc(C)c([N+](=O)[O-])cc3Cl)CC2)ncn1. The first-order chi connectivity index (χ1) is 12.5. The number of hydrogen-bond acceptors (Lipinski definition) is 6. The van der Waals surface area contributed by atoms with Crippen LogP contribution in [0.5, 0.6) is 0 Å². The van der Waals surface area contributed by atoms with Gasteiger partial charge in [-0.1, -0.05) is 18.5 Å². The van der Waals surface area contributed by atoms with Crippen molar-refractivity contribution in [3.8, 4) is 0 Å². The van der Waals surface area contributed by atoms with E-state index >= 15 is 0 Å². The number of nitro benzene ring substituents is 1. The van der Waals surface area contributed by atoms with Crippen molar-refractivity contribution in [3.63, 3.8) is 0 Å². The molecule has 1 N–H and O–H groups in total. The first-order valence-corrected chi connectivity index (χ1v) is 9.12. The molecule has 7 nitrogen and oxygen atoms in total. The number of rotatable bonds is 5. The lowest BCUT2D eigenvalue weighted by molar-refractivity contribution is -0.385. The molecular weight excluding hydrogens is 354 g/mol. The molecule has 1 saturated heterocycles. The number of aromatic nitrogens is 2. The highest BCUT2D eigenvalue weighted by molar-refractivity contribution is 6.33. The third-order valence-corrected chi connectivity index (χ3v) is 5.05. The van der Waals surface area contributed by atoms with Gasteiger partial charge in [-0.25, -0.2) is 9.97 Å². The summed E-state index contributed by atoms with van der Waals surface area (Å²) in [6.07, 6.45) is 4.40. The molecule has 0 aliphatic carbocycles. The highest BCUT2D eigenvalue weighted by atomic mass is 35.5. The Bertz CT molecular complexity index is 806. The van der Waals surface area contributed by atoms with Crippen LogP contribution in [0.25, 0.3) is 0 Å². The summed E-state index contributed by atoms with van der Waals surface area (Å²) in [5.74, 6) is 0.972. The van der Waals surface area contributed by atoms with E-state index in [-0.39, 0.29) is 11.7 Å². The molecule has 2 heterocycles. The van der Waals surface area contributed by atoms with Crippen LogP contribution in [-0.4, -0.2) is 34.0 Å². The van der Waals surface area contributed by atoms with E-state index in [0.29, 0.717) is 10.6 Å². The molecular formula is C18H22ClN5O2. The van der Waals surface area contributed by atoms with Gasteiger partial charge in [-0.2, -0.15) is 0 Å². The van der Waals surface area contributed by atoms with Crippen LogP contribution in [0, 0.1) is 17.0 Å². The maximum atomic E-state index is 11.0. The Morgan fingerprint density at radius 3 is 2.69 bits per heavy atom. The van der Waals surface area contributed by atoms with Crippen LogP contribution < -0.4 is 10.2 Å². The Morgan fingerprint density at radius 1 is 1.31 bits per heavy atom. The summed E-state index contributed by atoms with van der Waals surface area (Å²) in [4.78, 5) is 21.5. The minimum Gasteiger partial charge on any atom is -0.381 e. The van der Waals surface area contributed by atoms with Crippen molar-refractivity contribution in [2.24, 2.45) is 0 Å². The van der Waals surface area contributed by atoms with E-state index in [1.165, 1.54) is 6.07 Å². The number of anilines is 2. The molecule has 3 rings (SSSR count). The van der Waals surface area contributed by atoms with Gasteiger partial charge in [0.05, 0.1) is 15.6 Å². The van der Waals surface area contributed by atoms with Crippen LogP contribution in [0.4, 0.5) is 17.2 Å². The zero-order chi connectivity index (χ0) is 18.7. The van der Waals surface area contributed by atoms with Crippen molar-refractivity contribution in [1.82, 2.24) is 9.97 Å². The highest BCUT2D eigenvalue weighted by Crippen LogP contribution is 2.32. The normalized spacial score (nSPS) is 15.1. The van der Waals surface area contributed by atoms with Gasteiger partial charge in [-0.15, -0.1) is 0 Å². The largest absolute Gasteiger partial charge is 0.381 e. The summed E-state index contributed by atoms with van der Waals surface area (Å²) < 4.78 is 0. The lowest BCUT2D eigenvalue weighted by atomic mass is 10.0. The van der Waals surface area contributed by atoms with Crippen LogP contribution in [0.2, 0.25) is 5.02 Å². The molecule has 1 aromatic carbocycles. The third kappa shape index (κ3) is 4.04. The van der Waals surface area contributed by atoms with Crippen molar-refractivity contribution < 1.29 is 4.92 Å². The smallest absolute Gasteiger partial charge is 0.273 e. The summed E-state index contributed by atoms with van der Waals surface area (Å²) in [5.41, 5.74) is 2.45. The second-order valence-corrected chi connectivity index (χ2v) is 6.91. The van der Waals surface area contributed by atoms with Gasteiger partial charge in [0.15, 0.2) is 0 Å². The predicted octanol–water partition coefficient (Wildman–Crippen LogP) is 3.99. The van der Waals surface area contributed by atoms with Crippen LogP contribution in [0.1, 0.15) is 31.0 Å². The third-order valence-electron chi connectivity index (χ3n) is 4.73. The fourth-order valence-electron chi connectivity index (χ4n) is 3.20. The number of halogens is 1. The van der Waals surface area contributed by atoms with Gasteiger partial charge in [0.2, 0.25) is 0 Å². The Balaban J connectivity index is 1.64. The minimum absolute atomic E-state index is 0.0471. The molecule has 0 bridgehead atoms. The molecule has 0 atom stereocenters. The molecule has 0 saturated carbocycles. The Morgan fingerprint density at radius 2 is 2.04 bits per heavy atom. The quantitative estimate of drug-likeness (QED) is 0.628. The van der Waals surface area contributed by atoms with E-state index < -0.39 is 4.92 Å². The molecule has 0 radical (unpaired) electrons. The summed E-state index contributed by atoms with van der Waals surface area (Å²) in [6, 6.07) is 5.49. The van der Waals surface area contributed by atoms with E-state index in [4.69, 9.17) is 11.6 Å². The summed E-state index contributed by atoms with van der Waals surface area (Å²) >= 11 is 6.23. The number of aryl methyl sites for hydroxylation is 2. The molecule has 138 valence electrons. The van der Waals surface area contributed by atoms with Crippen LogP contribution in [-0.2, 0) is 6.42 Å². The van der Waals surface area contributed by atoms with Gasteiger partial charge < -0.3 is 10.2 Å². The number of benzene rings is 1. The van der Waals surface area contributed by atoms with Crippen molar-refractivity contribution in [3.05, 3.63) is 50.9 Å². The van der Waals surface area contributed by atoms with Crippen LogP contribution >= 0.6 is 11.6 Å². The highest BCUT2D eigenvalue weighted by Gasteiger charge is 2.22. The maximum Gasteiger partial charge on any atom is 0.273 e. The summed E-state index contributed by atoms with van der Waals surface area (Å²) in [6.45, 7) is 5.59. The zero-order valence-corrected chi connectivity index (χ0v) is 15.7. The standard InChI is InChI=1S/C18H22ClN5O2/c1-3-13-9-18(21-11-20-13)23-6-4-14(5-7-23)22-16-8-12(2)17(24(25)26)10-15(16)19/h8-11,14,22H,3-7H2,1-2H3. The van der Waals surface area contributed by atoms with Gasteiger partial charge >= 0.3 is 0 Å². The van der Waals surface area contributed by atoms with Crippen molar-refractivity contribution in [1.29, 1.82) is 0 Å². The molecule has 1 aromatic heterocycles. The lowest BCUT2D eigenvalue weighted by Crippen LogP contribution is -2.39. The molecule has 0 spiro atoms. The molecule has 1 fully saturated rings. The van der Waals surface area contributed by atoms with E-state index in [1.807, 2.05) is 6.07 Å². The van der Waals surface area contributed by atoms with Gasteiger partial charge in [-0.3, -0.25) is 10.1 Å². The second kappa shape index (κ2) is 7.86. The Hall–Kier alpha value is -2.41. The maximum absolute atomic E-state index is 11.0. The average molecular weight is 376 g/mol. The summed E-state index contributed by atoms with van der Waals surface area (Å²) in [5, 5.41) is 14.8. The van der Waals surface area contributed by atoms with Crippen LogP contribution in [0.3, 0.4) is 0 Å². The van der Waals surface area contributed by atoms with E-state index in [2.05, 4.69) is 27.1 Å². The first-order valence-electron chi connectivity index (χ1n) is 8.75. The Labute approximate surface area is 157 Å². The predicted molar refractivity (Wildman–Crippen MR) is 103 cm³/mol. The molecule has 0 amide bonds. The lowest BCUT2D eigenvalue weighted by Gasteiger charge is -2.33.